The number of ether oxygens (including phenoxy) is 3. The Labute approximate surface area is 160 Å². The molecule has 0 aliphatic carbocycles. The van der Waals surface area contributed by atoms with Gasteiger partial charge < -0.3 is 14.2 Å². The summed E-state index contributed by atoms with van der Waals surface area (Å²) >= 11 is 0. The molecule has 0 aromatic heterocycles. The summed E-state index contributed by atoms with van der Waals surface area (Å²) in [4.78, 5) is 2.42. The monoisotopic (exact) mass is 373 g/mol. The number of nitrogens with zero attached hydrogens (tertiary/aromatic N) is 1. The molecule has 2 aromatic carbocycles. The summed E-state index contributed by atoms with van der Waals surface area (Å²) < 4.78 is 30.4. The largest absolute Gasteiger partial charge is 0.493 e. The van der Waals surface area contributed by atoms with Crippen molar-refractivity contribution in [3.8, 4) is 17.2 Å². The van der Waals surface area contributed by atoms with Gasteiger partial charge in [-0.2, -0.15) is 0 Å². The highest BCUT2D eigenvalue weighted by Gasteiger charge is 2.25. The predicted molar refractivity (Wildman–Crippen MR) is 104 cm³/mol. The van der Waals surface area contributed by atoms with Crippen LogP contribution in [0.3, 0.4) is 0 Å². The molecule has 5 heteroatoms. The molecule has 4 nitrogen and oxygen atoms in total. The van der Waals surface area contributed by atoms with Crippen molar-refractivity contribution in [3.63, 3.8) is 0 Å². The lowest BCUT2D eigenvalue weighted by atomic mass is 10.00. The van der Waals surface area contributed by atoms with Gasteiger partial charge >= 0.3 is 0 Å². The zero-order chi connectivity index (χ0) is 19.2. The van der Waals surface area contributed by atoms with E-state index in [0.29, 0.717) is 23.8 Å². The quantitative estimate of drug-likeness (QED) is 0.715. The Balaban J connectivity index is 1.93. The van der Waals surface area contributed by atoms with Gasteiger partial charge in [-0.3, -0.25) is 4.90 Å². The van der Waals surface area contributed by atoms with Gasteiger partial charge in [-0.1, -0.05) is 31.0 Å². The molecule has 0 saturated carbocycles. The van der Waals surface area contributed by atoms with Crippen LogP contribution < -0.4 is 14.2 Å². The van der Waals surface area contributed by atoms with Crippen LogP contribution in [0.1, 0.15) is 42.9 Å². The molecule has 146 valence electrons. The number of rotatable bonds is 6. The third-order valence-electron chi connectivity index (χ3n) is 5.26. The first-order chi connectivity index (χ1) is 13.2. The molecule has 1 unspecified atom stereocenters. The third kappa shape index (κ3) is 4.35. The van der Waals surface area contributed by atoms with Crippen LogP contribution in [0.25, 0.3) is 0 Å². The molecule has 0 N–H and O–H groups in total. The molecule has 1 saturated heterocycles. The summed E-state index contributed by atoms with van der Waals surface area (Å²) in [6, 6.07) is 11.1. The van der Waals surface area contributed by atoms with E-state index < -0.39 is 0 Å². The Kier molecular flexibility index (Phi) is 6.56. The summed E-state index contributed by atoms with van der Waals surface area (Å²) in [6.45, 7) is 1.68. The molecular weight excluding hydrogens is 345 g/mol. The van der Waals surface area contributed by atoms with Crippen LogP contribution in [0.15, 0.2) is 36.4 Å². The first-order valence-corrected chi connectivity index (χ1v) is 9.45. The van der Waals surface area contributed by atoms with Crippen molar-refractivity contribution >= 4 is 0 Å². The molecule has 27 heavy (non-hydrogen) atoms. The Morgan fingerprint density at radius 1 is 0.963 bits per heavy atom. The molecule has 1 aliphatic heterocycles. The zero-order valence-corrected chi connectivity index (χ0v) is 16.3. The summed E-state index contributed by atoms with van der Waals surface area (Å²) in [6.07, 6.45) is 4.52. The average molecular weight is 373 g/mol. The van der Waals surface area contributed by atoms with Crippen molar-refractivity contribution < 1.29 is 18.6 Å². The maximum absolute atomic E-state index is 13.8. The first-order valence-electron chi connectivity index (χ1n) is 9.45. The standard InChI is InChI=1S/C22H28FNO3/c1-25-20-12-11-17(21(26-2)22(20)27-3)15-24-13-6-4-5-10-19(24)16-8-7-9-18(23)14-16/h7-9,11-12,14,19H,4-6,10,13,15H2,1-3H3. The molecule has 0 bridgehead atoms. The molecular formula is C22H28FNO3. The van der Waals surface area contributed by atoms with E-state index in [1.54, 1.807) is 33.5 Å². The lowest BCUT2D eigenvalue weighted by Gasteiger charge is -2.31. The van der Waals surface area contributed by atoms with Crippen molar-refractivity contribution in [3.05, 3.63) is 53.3 Å². The zero-order valence-electron chi connectivity index (χ0n) is 16.3. The number of hydrogen-bond acceptors (Lipinski definition) is 4. The minimum atomic E-state index is -0.180. The van der Waals surface area contributed by atoms with Crippen molar-refractivity contribution in [1.29, 1.82) is 0 Å². The maximum atomic E-state index is 13.8. The molecule has 3 rings (SSSR count). The first kappa shape index (κ1) is 19.5. The van der Waals surface area contributed by atoms with Gasteiger partial charge in [0.15, 0.2) is 11.5 Å². The van der Waals surface area contributed by atoms with Gasteiger partial charge in [0, 0.05) is 18.2 Å². The van der Waals surface area contributed by atoms with Crippen LogP contribution in [-0.4, -0.2) is 32.8 Å². The summed E-state index contributed by atoms with van der Waals surface area (Å²) in [5.41, 5.74) is 2.08. The summed E-state index contributed by atoms with van der Waals surface area (Å²) in [7, 11) is 4.88. The average Bonchev–Trinajstić information content (AvgIpc) is 2.93. The molecule has 1 atom stereocenters. The second kappa shape index (κ2) is 9.09. The van der Waals surface area contributed by atoms with Crippen LogP contribution >= 0.6 is 0 Å². The molecule has 1 fully saturated rings. The van der Waals surface area contributed by atoms with Crippen LogP contribution in [0, 0.1) is 5.82 Å². The van der Waals surface area contributed by atoms with E-state index >= 15 is 0 Å². The molecule has 2 aromatic rings. The minimum Gasteiger partial charge on any atom is -0.493 e. The molecule has 0 amide bonds. The fourth-order valence-corrected chi connectivity index (χ4v) is 3.95. The van der Waals surface area contributed by atoms with E-state index in [9.17, 15) is 4.39 Å². The van der Waals surface area contributed by atoms with Crippen molar-refractivity contribution in [1.82, 2.24) is 4.90 Å². The topological polar surface area (TPSA) is 30.9 Å². The van der Waals surface area contributed by atoms with Crippen molar-refractivity contribution in [2.45, 2.75) is 38.3 Å². The lowest BCUT2D eigenvalue weighted by Crippen LogP contribution is -2.28. The fourth-order valence-electron chi connectivity index (χ4n) is 3.95. The fraction of sp³-hybridized carbons (Fsp3) is 0.455. The maximum Gasteiger partial charge on any atom is 0.203 e. The van der Waals surface area contributed by atoms with E-state index in [2.05, 4.69) is 4.90 Å². The number of methoxy groups -OCH3 is 3. The molecule has 0 radical (unpaired) electrons. The van der Waals surface area contributed by atoms with Crippen molar-refractivity contribution in [2.75, 3.05) is 27.9 Å². The van der Waals surface area contributed by atoms with Gasteiger partial charge in [0.1, 0.15) is 5.82 Å². The van der Waals surface area contributed by atoms with Gasteiger partial charge in [-0.15, -0.1) is 0 Å². The predicted octanol–water partition coefficient (Wildman–Crippen LogP) is 4.97. The SMILES string of the molecule is COc1ccc(CN2CCCCCC2c2cccc(F)c2)c(OC)c1OC. The summed E-state index contributed by atoms with van der Waals surface area (Å²) in [5, 5.41) is 0. The number of benzene rings is 2. The second-order valence-electron chi connectivity index (χ2n) is 6.88. The van der Waals surface area contributed by atoms with E-state index in [1.807, 2.05) is 18.2 Å². The summed E-state index contributed by atoms with van der Waals surface area (Å²) in [5.74, 6) is 1.77. The van der Waals surface area contributed by atoms with Crippen LogP contribution in [-0.2, 0) is 6.54 Å². The highest BCUT2D eigenvalue weighted by Crippen LogP contribution is 2.41. The Bertz CT molecular complexity index is 765. The molecule has 0 spiro atoms. The van der Waals surface area contributed by atoms with Crippen LogP contribution in [0.2, 0.25) is 0 Å². The van der Waals surface area contributed by atoms with Crippen LogP contribution in [0.5, 0.6) is 17.2 Å². The van der Waals surface area contributed by atoms with E-state index in [0.717, 1.165) is 36.9 Å². The van der Waals surface area contributed by atoms with Gasteiger partial charge in [-0.25, -0.2) is 4.39 Å². The van der Waals surface area contributed by atoms with Gasteiger partial charge in [0.2, 0.25) is 5.75 Å². The third-order valence-corrected chi connectivity index (χ3v) is 5.26. The van der Waals surface area contributed by atoms with Crippen molar-refractivity contribution in [2.24, 2.45) is 0 Å². The number of hydrogen-bond donors (Lipinski definition) is 0. The highest BCUT2D eigenvalue weighted by atomic mass is 19.1. The Hall–Kier alpha value is -2.27. The second-order valence-corrected chi connectivity index (χ2v) is 6.88. The van der Waals surface area contributed by atoms with Crippen LogP contribution in [0.4, 0.5) is 4.39 Å². The smallest absolute Gasteiger partial charge is 0.203 e. The number of likely N-dealkylation sites (tertiary alicyclic amines) is 1. The van der Waals surface area contributed by atoms with E-state index in [1.165, 1.54) is 12.5 Å². The van der Waals surface area contributed by atoms with E-state index in [-0.39, 0.29) is 11.9 Å². The molecule has 1 aliphatic rings. The van der Waals surface area contributed by atoms with Gasteiger partial charge in [-0.05, 0) is 43.1 Å². The Morgan fingerprint density at radius 3 is 2.48 bits per heavy atom. The Morgan fingerprint density at radius 2 is 1.78 bits per heavy atom. The number of halogens is 1. The molecule has 1 heterocycles. The van der Waals surface area contributed by atoms with E-state index in [4.69, 9.17) is 14.2 Å². The highest BCUT2D eigenvalue weighted by molar-refractivity contribution is 5.55. The normalized spacial score (nSPS) is 18.0. The van der Waals surface area contributed by atoms with Gasteiger partial charge in [0.05, 0.1) is 21.3 Å². The minimum absolute atomic E-state index is 0.180. The van der Waals surface area contributed by atoms with Gasteiger partial charge in [0.25, 0.3) is 0 Å². The lowest BCUT2D eigenvalue weighted by molar-refractivity contribution is 0.189.